The second-order valence-corrected chi connectivity index (χ2v) is 6.22. The van der Waals surface area contributed by atoms with E-state index in [4.69, 9.17) is 5.11 Å². The summed E-state index contributed by atoms with van der Waals surface area (Å²) in [5.74, 6) is 0.0586. The molecule has 0 aromatic heterocycles. The fourth-order valence-corrected chi connectivity index (χ4v) is 1.90. The normalized spacial score (nSPS) is 12.9. The number of hydrogen-bond donors (Lipinski definition) is 3. The molecule has 2 amide bonds. The van der Waals surface area contributed by atoms with Gasteiger partial charge in [-0.25, -0.2) is 9.59 Å². The molecule has 0 aliphatic heterocycles. The molecule has 0 radical (unpaired) electrons. The molecule has 0 saturated carbocycles. The molecule has 0 aliphatic carbocycles. The van der Waals surface area contributed by atoms with Crippen LogP contribution in [0.3, 0.4) is 0 Å². The quantitative estimate of drug-likeness (QED) is 0.621. The lowest BCUT2D eigenvalue weighted by Gasteiger charge is -2.27. The van der Waals surface area contributed by atoms with Crippen LogP contribution in [0.4, 0.5) is 4.79 Å². The average Bonchev–Trinajstić information content (AvgIpc) is 2.23. The van der Waals surface area contributed by atoms with Crippen molar-refractivity contribution in [2.75, 3.05) is 18.6 Å². The molecule has 0 fully saturated rings. The van der Waals surface area contributed by atoms with Gasteiger partial charge in [0.15, 0.2) is 0 Å². The van der Waals surface area contributed by atoms with E-state index >= 15 is 0 Å². The molecule has 1 unspecified atom stereocenters. The molecule has 106 valence electrons. The summed E-state index contributed by atoms with van der Waals surface area (Å²) in [4.78, 5) is 22.6. The summed E-state index contributed by atoms with van der Waals surface area (Å²) in [6, 6.07) is -1.30. The fourth-order valence-electron chi connectivity index (χ4n) is 1.40. The van der Waals surface area contributed by atoms with Crippen LogP contribution in [-0.4, -0.2) is 41.7 Å². The van der Waals surface area contributed by atoms with Crippen molar-refractivity contribution in [1.82, 2.24) is 10.6 Å². The minimum atomic E-state index is -1.01. The molecule has 0 rings (SSSR count). The Morgan fingerprint density at radius 2 is 1.89 bits per heavy atom. The first-order chi connectivity index (χ1) is 8.29. The van der Waals surface area contributed by atoms with Crippen molar-refractivity contribution < 1.29 is 14.7 Å². The van der Waals surface area contributed by atoms with E-state index in [-0.39, 0.29) is 0 Å². The SMILES string of the molecule is CSCCCCNC(=O)NC(C(=O)O)C(C)(C)C. The highest BCUT2D eigenvalue weighted by atomic mass is 32.2. The predicted octanol–water partition coefficient (Wildman–Crippen LogP) is 1.93. The molecule has 0 saturated heterocycles. The fraction of sp³-hybridized carbons (Fsp3) is 0.833. The van der Waals surface area contributed by atoms with Gasteiger partial charge in [-0.1, -0.05) is 20.8 Å². The molecule has 5 nitrogen and oxygen atoms in total. The Kier molecular flexibility index (Phi) is 7.82. The summed E-state index contributed by atoms with van der Waals surface area (Å²) >= 11 is 1.77. The maximum atomic E-state index is 11.5. The standard InChI is InChI=1S/C12H24N2O3S/c1-12(2,3)9(10(15)16)14-11(17)13-7-5-6-8-18-4/h9H,5-8H2,1-4H3,(H,15,16)(H2,13,14,17). The smallest absolute Gasteiger partial charge is 0.326 e. The maximum Gasteiger partial charge on any atom is 0.326 e. The van der Waals surface area contributed by atoms with E-state index in [9.17, 15) is 9.59 Å². The van der Waals surface area contributed by atoms with Crippen molar-refractivity contribution in [3.8, 4) is 0 Å². The molecule has 0 aromatic carbocycles. The minimum Gasteiger partial charge on any atom is -0.480 e. The minimum absolute atomic E-state index is 0.415. The van der Waals surface area contributed by atoms with Gasteiger partial charge in [-0.2, -0.15) is 11.8 Å². The molecule has 0 bridgehead atoms. The third kappa shape index (κ3) is 7.42. The van der Waals surface area contributed by atoms with E-state index < -0.39 is 23.5 Å². The Labute approximate surface area is 113 Å². The summed E-state index contributed by atoms with van der Waals surface area (Å²) in [7, 11) is 0. The number of thioether (sulfide) groups is 1. The zero-order valence-corrected chi connectivity index (χ0v) is 12.4. The Hall–Kier alpha value is -0.910. The Bertz CT molecular complexity index is 277. The van der Waals surface area contributed by atoms with Crippen LogP contribution in [0.2, 0.25) is 0 Å². The van der Waals surface area contributed by atoms with Gasteiger partial charge in [0.2, 0.25) is 0 Å². The molecule has 0 aromatic rings. The van der Waals surface area contributed by atoms with Crippen LogP contribution < -0.4 is 10.6 Å². The number of nitrogens with one attached hydrogen (secondary N) is 2. The highest BCUT2D eigenvalue weighted by molar-refractivity contribution is 7.98. The summed E-state index contributed by atoms with van der Waals surface area (Å²) in [5.41, 5.74) is -0.512. The van der Waals surface area contributed by atoms with Gasteiger partial charge >= 0.3 is 12.0 Å². The van der Waals surface area contributed by atoms with Crippen molar-refractivity contribution >= 4 is 23.8 Å². The highest BCUT2D eigenvalue weighted by Crippen LogP contribution is 2.19. The summed E-state index contributed by atoms with van der Waals surface area (Å²) in [5, 5.41) is 14.2. The first kappa shape index (κ1) is 17.1. The number of urea groups is 1. The summed E-state index contributed by atoms with van der Waals surface area (Å²) in [6.07, 6.45) is 3.99. The molecule has 0 spiro atoms. The van der Waals surface area contributed by atoms with Crippen LogP contribution in [0.15, 0.2) is 0 Å². The van der Waals surface area contributed by atoms with Gasteiger partial charge in [-0.15, -0.1) is 0 Å². The molecule has 0 heterocycles. The third-order valence-electron chi connectivity index (χ3n) is 2.45. The Morgan fingerprint density at radius 3 is 2.33 bits per heavy atom. The second kappa shape index (κ2) is 8.24. The van der Waals surface area contributed by atoms with Gasteiger partial charge < -0.3 is 15.7 Å². The lowest BCUT2D eigenvalue weighted by molar-refractivity contribution is -0.141. The van der Waals surface area contributed by atoms with E-state index in [1.807, 2.05) is 6.26 Å². The number of rotatable bonds is 7. The number of unbranched alkanes of at least 4 members (excludes halogenated alkanes) is 1. The molecular formula is C12H24N2O3S. The molecule has 0 aliphatic rings. The monoisotopic (exact) mass is 276 g/mol. The first-order valence-corrected chi connectivity index (χ1v) is 7.44. The molecule has 1 atom stereocenters. The van der Waals surface area contributed by atoms with Crippen molar-refractivity contribution in [3.05, 3.63) is 0 Å². The second-order valence-electron chi connectivity index (χ2n) is 5.24. The van der Waals surface area contributed by atoms with E-state index in [1.54, 1.807) is 32.5 Å². The van der Waals surface area contributed by atoms with E-state index in [0.29, 0.717) is 6.54 Å². The molecule has 3 N–H and O–H groups in total. The van der Waals surface area contributed by atoms with Crippen LogP contribution in [-0.2, 0) is 4.79 Å². The van der Waals surface area contributed by atoms with Gasteiger partial charge in [0.1, 0.15) is 6.04 Å². The van der Waals surface area contributed by atoms with Gasteiger partial charge in [-0.3, -0.25) is 0 Å². The van der Waals surface area contributed by atoms with E-state index in [0.717, 1.165) is 18.6 Å². The predicted molar refractivity (Wildman–Crippen MR) is 75.0 cm³/mol. The lowest BCUT2D eigenvalue weighted by Crippen LogP contribution is -2.52. The average molecular weight is 276 g/mol. The lowest BCUT2D eigenvalue weighted by atomic mass is 9.87. The van der Waals surface area contributed by atoms with Gasteiger partial charge in [0, 0.05) is 6.54 Å². The number of amides is 2. The molecular weight excluding hydrogens is 252 g/mol. The number of carboxylic acid groups (broad SMARTS) is 1. The van der Waals surface area contributed by atoms with Crippen LogP contribution in [0.5, 0.6) is 0 Å². The third-order valence-corrected chi connectivity index (χ3v) is 3.15. The zero-order valence-electron chi connectivity index (χ0n) is 11.6. The first-order valence-electron chi connectivity index (χ1n) is 6.05. The van der Waals surface area contributed by atoms with Crippen LogP contribution in [0.1, 0.15) is 33.6 Å². The van der Waals surface area contributed by atoms with Crippen molar-refractivity contribution in [1.29, 1.82) is 0 Å². The van der Waals surface area contributed by atoms with E-state index in [1.165, 1.54) is 0 Å². The number of carboxylic acids is 1. The van der Waals surface area contributed by atoms with Crippen molar-refractivity contribution in [2.45, 2.75) is 39.7 Å². The summed E-state index contributed by atoms with van der Waals surface area (Å²) in [6.45, 7) is 5.92. The molecule has 6 heteroatoms. The number of hydrogen-bond acceptors (Lipinski definition) is 3. The Balaban J connectivity index is 4.01. The topological polar surface area (TPSA) is 78.4 Å². The largest absolute Gasteiger partial charge is 0.480 e. The van der Waals surface area contributed by atoms with Crippen LogP contribution in [0.25, 0.3) is 0 Å². The number of carbonyl (C=O) groups is 2. The number of aliphatic carboxylic acids is 1. The summed E-state index contributed by atoms with van der Waals surface area (Å²) < 4.78 is 0. The van der Waals surface area contributed by atoms with Gasteiger partial charge in [0.05, 0.1) is 0 Å². The van der Waals surface area contributed by atoms with Gasteiger partial charge in [-0.05, 0) is 30.3 Å². The van der Waals surface area contributed by atoms with Crippen molar-refractivity contribution in [2.24, 2.45) is 5.41 Å². The van der Waals surface area contributed by atoms with Crippen LogP contribution >= 0.6 is 11.8 Å². The highest BCUT2D eigenvalue weighted by Gasteiger charge is 2.32. The van der Waals surface area contributed by atoms with Crippen molar-refractivity contribution in [3.63, 3.8) is 0 Å². The zero-order chi connectivity index (χ0) is 14.2. The van der Waals surface area contributed by atoms with E-state index in [2.05, 4.69) is 10.6 Å². The number of carbonyl (C=O) groups excluding carboxylic acids is 1. The van der Waals surface area contributed by atoms with Crippen LogP contribution in [0, 0.1) is 5.41 Å². The van der Waals surface area contributed by atoms with Gasteiger partial charge in [0.25, 0.3) is 0 Å². The molecule has 18 heavy (non-hydrogen) atoms. The maximum absolute atomic E-state index is 11.5. The Morgan fingerprint density at radius 1 is 1.28 bits per heavy atom.